The van der Waals surface area contributed by atoms with Gasteiger partial charge in [-0.2, -0.15) is 0 Å². The third-order valence-electron chi connectivity index (χ3n) is 4.25. The van der Waals surface area contributed by atoms with Crippen LogP contribution in [0.25, 0.3) is 0 Å². The van der Waals surface area contributed by atoms with Crippen molar-refractivity contribution in [1.29, 1.82) is 0 Å². The lowest BCUT2D eigenvalue weighted by molar-refractivity contribution is 0.262. The quantitative estimate of drug-likeness (QED) is 0.906. The van der Waals surface area contributed by atoms with Crippen LogP contribution in [0.15, 0.2) is 29.3 Å². The number of guanidine groups is 1. The van der Waals surface area contributed by atoms with Crippen LogP contribution < -0.4 is 10.5 Å². The minimum Gasteiger partial charge on any atom is -0.497 e. The van der Waals surface area contributed by atoms with Gasteiger partial charge in [0.2, 0.25) is 0 Å². The second-order valence-corrected chi connectivity index (χ2v) is 5.33. The molecule has 1 saturated carbocycles. The molecule has 4 heteroatoms. The Labute approximate surface area is 114 Å². The number of nitrogens with zero attached hydrogens (tertiary/aromatic N) is 2. The molecule has 1 aromatic rings. The summed E-state index contributed by atoms with van der Waals surface area (Å²) in [5.41, 5.74) is 7.37. The molecule has 1 atom stereocenters. The number of ether oxygens (including phenoxy) is 1. The van der Waals surface area contributed by atoms with E-state index in [1.165, 1.54) is 31.2 Å². The Kier molecular flexibility index (Phi) is 3.32. The molecule has 0 aromatic heterocycles. The van der Waals surface area contributed by atoms with Crippen molar-refractivity contribution >= 4 is 5.96 Å². The highest BCUT2D eigenvalue weighted by Gasteiger charge is 2.34. The van der Waals surface area contributed by atoms with E-state index in [4.69, 9.17) is 10.5 Å². The summed E-state index contributed by atoms with van der Waals surface area (Å²) in [6.07, 6.45) is 5.10. The molecule has 1 heterocycles. The van der Waals surface area contributed by atoms with E-state index in [2.05, 4.69) is 22.0 Å². The highest BCUT2D eigenvalue weighted by atomic mass is 16.5. The van der Waals surface area contributed by atoms with E-state index in [-0.39, 0.29) is 0 Å². The molecule has 2 N–H and O–H groups in total. The standard InChI is InChI=1S/C15H21N3O/c1-19-13-8-6-11(7-9-13)14-10-17-15(16)18(14)12-4-2-3-5-12/h6-9,12,14H,2-5,10H2,1H3,(H2,16,17). The van der Waals surface area contributed by atoms with Crippen LogP contribution in [0.5, 0.6) is 5.75 Å². The van der Waals surface area contributed by atoms with Crippen molar-refractivity contribution in [3.63, 3.8) is 0 Å². The van der Waals surface area contributed by atoms with Crippen molar-refractivity contribution in [2.75, 3.05) is 13.7 Å². The van der Waals surface area contributed by atoms with Crippen molar-refractivity contribution in [3.05, 3.63) is 29.8 Å². The molecule has 102 valence electrons. The first kappa shape index (κ1) is 12.3. The Hall–Kier alpha value is -1.71. The molecule has 0 saturated heterocycles. The Morgan fingerprint density at radius 2 is 1.89 bits per heavy atom. The highest BCUT2D eigenvalue weighted by molar-refractivity contribution is 5.80. The van der Waals surface area contributed by atoms with Gasteiger partial charge in [0, 0.05) is 6.04 Å². The molecule has 0 spiro atoms. The maximum absolute atomic E-state index is 6.09. The summed E-state index contributed by atoms with van der Waals surface area (Å²) in [4.78, 5) is 6.78. The average Bonchev–Trinajstić information content (AvgIpc) is 3.08. The molecule has 3 rings (SSSR count). The molecule has 1 fully saturated rings. The maximum atomic E-state index is 6.09. The number of methoxy groups -OCH3 is 1. The summed E-state index contributed by atoms with van der Waals surface area (Å²) >= 11 is 0. The molecule has 0 bridgehead atoms. The molecule has 1 aliphatic carbocycles. The van der Waals surface area contributed by atoms with E-state index in [9.17, 15) is 0 Å². The minimum atomic E-state index is 0.300. The van der Waals surface area contributed by atoms with E-state index < -0.39 is 0 Å². The zero-order chi connectivity index (χ0) is 13.2. The lowest BCUT2D eigenvalue weighted by atomic mass is 10.0. The molecule has 4 nitrogen and oxygen atoms in total. The van der Waals surface area contributed by atoms with Gasteiger partial charge in [0.25, 0.3) is 0 Å². The number of rotatable bonds is 3. The number of benzene rings is 1. The Morgan fingerprint density at radius 1 is 1.21 bits per heavy atom. The van der Waals surface area contributed by atoms with Gasteiger partial charge in [-0.25, -0.2) is 0 Å². The van der Waals surface area contributed by atoms with Crippen LogP contribution in [0.3, 0.4) is 0 Å². The smallest absolute Gasteiger partial charge is 0.192 e. The summed E-state index contributed by atoms with van der Waals surface area (Å²) < 4.78 is 5.21. The maximum Gasteiger partial charge on any atom is 0.192 e. The number of nitrogens with two attached hydrogens (primary N) is 1. The fourth-order valence-electron chi connectivity index (χ4n) is 3.23. The van der Waals surface area contributed by atoms with Crippen LogP contribution in [0.2, 0.25) is 0 Å². The zero-order valence-electron chi connectivity index (χ0n) is 11.4. The Bertz CT molecular complexity index is 463. The van der Waals surface area contributed by atoms with Gasteiger partial charge in [-0.15, -0.1) is 0 Å². The van der Waals surface area contributed by atoms with Crippen molar-refractivity contribution in [3.8, 4) is 5.75 Å². The van der Waals surface area contributed by atoms with Crippen molar-refractivity contribution < 1.29 is 4.74 Å². The molecular formula is C15H21N3O. The van der Waals surface area contributed by atoms with E-state index in [0.717, 1.165) is 12.3 Å². The lowest BCUT2D eigenvalue weighted by Gasteiger charge is -2.32. The normalized spacial score (nSPS) is 23.7. The lowest BCUT2D eigenvalue weighted by Crippen LogP contribution is -2.42. The van der Waals surface area contributed by atoms with Crippen molar-refractivity contribution in [2.45, 2.75) is 37.8 Å². The molecule has 1 aromatic carbocycles. The van der Waals surface area contributed by atoms with Gasteiger partial charge in [0.15, 0.2) is 5.96 Å². The molecule has 1 unspecified atom stereocenters. The minimum absolute atomic E-state index is 0.300. The summed E-state index contributed by atoms with van der Waals surface area (Å²) in [5, 5.41) is 0. The van der Waals surface area contributed by atoms with Gasteiger partial charge in [-0.3, -0.25) is 4.99 Å². The van der Waals surface area contributed by atoms with E-state index >= 15 is 0 Å². The van der Waals surface area contributed by atoms with Crippen LogP contribution in [0, 0.1) is 0 Å². The zero-order valence-corrected chi connectivity index (χ0v) is 11.4. The van der Waals surface area contributed by atoms with Crippen LogP contribution in [-0.4, -0.2) is 30.6 Å². The second kappa shape index (κ2) is 5.11. The predicted octanol–water partition coefficient (Wildman–Crippen LogP) is 2.31. The molecule has 1 aliphatic heterocycles. The fraction of sp³-hybridized carbons (Fsp3) is 0.533. The van der Waals surface area contributed by atoms with E-state index in [0.29, 0.717) is 18.0 Å². The van der Waals surface area contributed by atoms with Crippen LogP contribution >= 0.6 is 0 Å². The second-order valence-electron chi connectivity index (χ2n) is 5.33. The van der Waals surface area contributed by atoms with Gasteiger partial charge < -0.3 is 15.4 Å². The SMILES string of the molecule is COc1ccc(C2CN=C(N)N2C2CCCC2)cc1. The fourth-order valence-corrected chi connectivity index (χ4v) is 3.23. The first-order chi connectivity index (χ1) is 9.29. The monoisotopic (exact) mass is 259 g/mol. The summed E-state index contributed by atoms with van der Waals surface area (Å²) in [7, 11) is 1.69. The Balaban J connectivity index is 1.82. The predicted molar refractivity (Wildman–Crippen MR) is 76.3 cm³/mol. The molecule has 0 radical (unpaired) electrons. The number of hydrogen-bond acceptors (Lipinski definition) is 4. The largest absolute Gasteiger partial charge is 0.497 e. The van der Waals surface area contributed by atoms with Gasteiger partial charge in [0.1, 0.15) is 5.75 Å². The third-order valence-corrected chi connectivity index (χ3v) is 4.25. The van der Waals surface area contributed by atoms with E-state index in [1.54, 1.807) is 7.11 Å². The van der Waals surface area contributed by atoms with Crippen LogP contribution in [0.4, 0.5) is 0 Å². The first-order valence-corrected chi connectivity index (χ1v) is 7.02. The average molecular weight is 259 g/mol. The highest BCUT2D eigenvalue weighted by Crippen LogP contribution is 2.34. The summed E-state index contributed by atoms with van der Waals surface area (Å²) in [5.74, 6) is 1.61. The number of aliphatic imine (C=N–C) groups is 1. The molecule has 2 aliphatic rings. The van der Waals surface area contributed by atoms with Gasteiger partial charge in [-0.05, 0) is 30.5 Å². The van der Waals surface area contributed by atoms with Gasteiger partial charge in [0.05, 0.1) is 19.7 Å². The first-order valence-electron chi connectivity index (χ1n) is 7.02. The van der Waals surface area contributed by atoms with Crippen LogP contribution in [-0.2, 0) is 0 Å². The number of hydrogen-bond donors (Lipinski definition) is 1. The van der Waals surface area contributed by atoms with Crippen LogP contribution in [0.1, 0.15) is 37.3 Å². The van der Waals surface area contributed by atoms with Crippen molar-refractivity contribution in [2.24, 2.45) is 10.7 Å². The summed E-state index contributed by atoms with van der Waals surface area (Å²) in [6, 6.07) is 9.14. The van der Waals surface area contributed by atoms with Gasteiger partial charge >= 0.3 is 0 Å². The third kappa shape index (κ3) is 2.27. The topological polar surface area (TPSA) is 50.9 Å². The molecule has 19 heavy (non-hydrogen) atoms. The van der Waals surface area contributed by atoms with E-state index in [1.807, 2.05) is 12.1 Å². The molecular weight excluding hydrogens is 238 g/mol. The van der Waals surface area contributed by atoms with Gasteiger partial charge in [-0.1, -0.05) is 25.0 Å². The van der Waals surface area contributed by atoms with Crippen molar-refractivity contribution in [1.82, 2.24) is 4.90 Å². The summed E-state index contributed by atoms with van der Waals surface area (Å²) in [6.45, 7) is 0.772. The molecule has 0 amide bonds. The Morgan fingerprint density at radius 3 is 2.53 bits per heavy atom.